The van der Waals surface area contributed by atoms with E-state index in [9.17, 15) is 5.11 Å². The molecule has 0 radical (unpaired) electrons. The first-order chi connectivity index (χ1) is 18.1. The molecule has 2 unspecified atom stereocenters. The molecule has 0 aliphatic carbocycles. The molecule has 2 bridgehead atoms. The second-order valence-corrected chi connectivity index (χ2v) is 10.8. The van der Waals surface area contributed by atoms with Gasteiger partial charge in [-0.25, -0.2) is 14.4 Å². The van der Waals surface area contributed by atoms with Crippen LogP contribution >= 0.6 is 0 Å². The van der Waals surface area contributed by atoms with Crippen molar-refractivity contribution >= 4 is 27.5 Å². The fourth-order valence-corrected chi connectivity index (χ4v) is 6.50. The number of benzene rings is 3. The van der Waals surface area contributed by atoms with Gasteiger partial charge in [-0.1, -0.05) is 30.3 Å². The van der Waals surface area contributed by atoms with E-state index in [0.717, 1.165) is 54.7 Å². The van der Waals surface area contributed by atoms with E-state index in [0.29, 0.717) is 41.0 Å². The molecule has 6 nitrogen and oxygen atoms in total. The number of aromatic hydroxyl groups is 1. The number of anilines is 1. The van der Waals surface area contributed by atoms with Crippen LogP contribution in [0.1, 0.15) is 31.5 Å². The summed E-state index contributed by atoms with van der Waals surface area (Å²) in [6.45, 7) is 4.90. The van der Waals surface area contributed by atoms with E-state index in [1.54, 1.807) is 12.1 Å². The zero-order valence-electron chi connectivity index (χ0n) is 21.0. The standard InChI is InChI=1S/C30H32FN5O/c31-28-24(26-16-22(37)15-19-5-1-2-6-23(19)26)9-10-25-29(28)33-27(11-14-35-12-3-4-13-35)34-30(25)36-17-20-7-8-21(18-36)32-20/h1-2,5-6,9-10,15-16,20-21,32,37H,3-4,7-8,11-14,17-18H2. The molecule has 2 N–H and O–H groups in total. The summed E-state index contributed by atoms with van der Waals surface area (Å²) in [5.41, 5.74) is 1.50. The normalized spacial score (nSPS) is 21.9. The number of aromatic nitrogens is 2. The second kappa shape index (κ2) is 9.23. The zero-order chi connectivity index (χ0) is 24.9. The molecule has 3 aliphatic rings. The summed E-state index contributed by atoms with van der Waals surface area (Å²) < 4.78 is 16.4. The number of fused-ring (bicyclic) bond motifs is 4. The van der Waals surface area contributed by atoms with Crippen molar-refractivity contribution in [3.63, 3.8) is 0 Å². The van der Waals surface area contributed by atoms with Crippen molar-refractivity contribution < 1.29 is 9.50 Å². The molecule has 3 fully saturated rings. The van der Waals surface area contributed by atoms with Gasteiger partial charge >= 0.3 is 0 Å². The summed E-state index contributed by atoms with van der Waals surface area (Å²) in [5.74, 6) is 1.33. The summed E-state index contributed by atoms with van der Waals surface area (Å²) in [5, 5.41) is 16.6. The van der Waals surface area contributed by atoms with Gasteiger partial charge in [0, 0.05) is 49.1 Å². The van der Waals surface area contributed by atoms with Crippen molar-refractivity contribution in [2.45, 2.75) is 44.2 Å². The summed E-state index contributed by atoms with van der Waals surface area (Å²) in [6.07, 6.45) is 5.54. The first-order valence-corrected chi connectivity index (χ1v) is 13.6. The van der Waals surface area contributed by atoms with Gasteiger partial charge in [0.1, 0.15) is 22.9 Å². The van der Waals surface area contributed by atoms with E-state index in [1.165, 1.54) is 25.7 Å². The van der Waals surface area contributed by atoms with Gasteiger partial charge in [0.15, 0.2) is 5.82 Å². The Hall–Kier alpha value is -3.29. The van der Waals surface area contributed by atoms with Gasteiger partial charge in [-0.05, 0) is 73.3 Å². The maximum Gasteiger partial charge on any atom is 0.157 e. The number of hydrogen-bond acceptors (Lipinski definition) is 6. The van der Waals surface area contributed by atoms with Crippen molar-refractivity contribution in [3.05, 3.63) is 60.2 Å². The van der Waals surface area contributed by atoms with Gasteiger partial charge in [0.25, 0.3) is 0 Å². The molecule has 190 valence electrons. The highest BCUT2D eigenvalue weighted by molar-refractivity contribution is 6.01. The number of phenols is 1. The van der Waals surface area contributed by atoms with Gasteiger partial charge < -0.3 is 20.2 Å². The number of phenolic OH excluding ortho intramolecular Hbond substituents is 1. The van der Waals surface area contributed by atoms with Gasteiger partial charge in [0.05, 0.1) is 0 Å². The van der Waals surface area contributed by atoms with Crippen molar-refractivity contribution in [1.29, 1.82) is 0 Å². The first-order valence-electron chi connectivity index (χ1n) is 13.6. The highest BCUT2D eigenvalue weighted by Gasteiger charge is 2.34. The Morgan fingerprint density at radius 1 is 0.919 bits per heavy atom. The Morgan fingerprint density at radius 3 is 2.51 bits per heavy atom. The molecule has 3 aliphatic heterocycles. The molecule has 1 aromatic heterocycles. The monoisotopic (exact) mass is 497 g/mol. The molecule has 7 rings (SSSR count). The van der Waals surface area contributed by atoms with Crippen LogP contribution in [0.2, 0.25) is 0 Å². The van der Waals surface area contributed by atoms with Crippen LogP contribution < -0.4 is 10.2 Å². The van der Waals surface area contributed by atoms with E-state index >= 15 is 4.39 Å². The smallest absolute Gasteiger partial charge is 0.157 e. The SMILES string of the molecule is Oc1cc(-c2ccc3c(N4CC5CCC(C4)N5)nc(CCN4CCCC4)nc3c2F)c2ccccc2c1. The number of piperazine rings is 1. The van der Waals surface area contributed by atoms with Gasteiger partial charge in [0.2, 0.25) is 0 Å². The molecule has 4 aromatic rings. The predicted octanol–water partition coefficient (Wildman–Crippen LogP) is 4.87. The number of halogens is 1. The maximum absolute atomic E-state index is 16.4. The third kappa shape index (κ3) is 4.20. The van der Waals surface area contributed by atoms with E-state index in [1.807, 2.05) is 36.4 Å². The molecular formula is C30H32FN5O. The Balaban J connectivity index is 1.36. The van der Waals surface area contributed by atoms with Gasteiger partial charge in [-0.3, -0.25) is 0 Å². The molecule has 0 saturated carbocycles. The summed E-state index contributed by atoms with van der Waals surface area (Å²) >= 11 is 0. The Morgan fingerprint density at radius 2 is 1.70 bits per heavy atom. The molecule has 3 saturated heterocycles. The minimum Gasteiger partial charge on any atom is -0.508 e. The lowest BCUT2D eigenvalue weighted by Gasteiger charge is -2.34. The molecule has 37 heavy (non-hydrogen) atoms. The highest BCUT2D eigenvalue weighted by Crippen LogP contribution is 2.38. The largest absolute Gasteiger partial charge is 0.508 e. The topological polar surface area (TPSA) is 64.5 Å². The Kier molecular flexibility index (Phi) is 5.70. The van der Waals surface area contributed by atoms with Crippen LogP contribution in [-0.4, -0.2) is 64.8 Å². The highest BCUT2D eigenvalue weighted by atomic mass is 19.1. The number of likely N-dealkylation sites (tertiary alicyclic amines) is 1. The van der Waals surface area contributed by atoms with Gasteiger partial charge in [-0.15, -0.1) is 0 Å². The molecule has 2 atom stereocenters. The molecule has 0 spiro atoms. The minimum atomic E-state index is -0.350. The van der Waals surface area contributed by atoms with E-state index in [-0.39, 0.29) is 11.6 Å². The number of rotatable bonds is 5. The molecular weight excluding hydrogens is 465 g/mol. The quantitative estimate of drug-likeness (QED) is 0.410. The first kappa shape index (κ1) is 22.9. The second-order valence-electron chi connectivity index (χ2n) is 10.8. The summed E-state index contributed by atoms with van der Waals surface area (Å²) in [7, 11) is 0. The molecule has 0 amide bonds. The number of hydrogen-bond donors (Lipinski definition) is 2. The van der Waals surface area contributed by atoms with Crippen LogP contribution in [0.4, 0.5) is 10.2 Å². The van der Waals surface area contributed by atoms with Crippen molar-refractivity contribution in [3.8, 4) is 16.9 Å². The maximum atomic E-state index is 16.4. The van der Waals surface area contributed by atoms with Gasteiger partial charge in [-0.2, -0.15) is 0 Å². The van der Waals surface area contributed by atoms with Crippen molar-refractivity contribution in [2.75, 3.05) is 37.6 Å². The Bertz CT molecular complexity index is 1470. The fraction of sp³-hybridized carbons (Fsp3) is 0.400. The van der Waals surface area contributed by atoms with Crippen LogP contribution in [-0.2, 0) is 6.42 Å². The van der Waals surface area contributed by atoms with E-state index in [2.05, 4.69) is 15.1 Å². The van der Waals surface area contributed by atoms with E-state index in [4.69, 9.17) is 9.97 Å². The number of nitrogens with one attached hydrogen (secondary N) is 1. The lowest BCUT2D eigenvalue weighted by molar-refractivity contribution is 0.341. The van der Waals surface area contributed by atoms with E-state index < -0.39 is 0 Å². The predicted molar refractivity (Wildman–Crippen MR) is 146 cm³/mol. The lowest BCUT2D eigenvalue weighted by atomic mass is 9.96. The zero-order valence-corrected chi connectivity index (χ0v) is 21.0. The van der Waals surface area contributed by atoms with Crippen LogP contribution in [0.15, 0.2) is 48.5 Å². The van der Waals surface area contributed by atoms with Crippen LogP contribution in [0.3, 0.4) is 0 Å². The lowest BCUT2D eigenvalue weighted by Crippen LogP contribution is -2.51. The van der Waals surface area contributed by atoms with Crippen molar-refractivity contribution in [2.24, 2.45) is 0 Å². The van der Waals surface area contributed by atoms with Crippen LogP contribution in [0, 0.1) is 5.82 Å². The molecule has 4 heterocycles. The molecule has 7 heteroatoms. The average molecular weight is 498 g/mol. The Labute approximate surface area is 216 Å². The van der Waals surface area contributed by atoms with Crippen molar-refractivity contribution in [1.82, 2.24) is 20.2 Å². The summed E-state index contributed by atoms with van der Waals surface area (Å²) in [4.78, 5) is 14.6. The summed E-state index contributed by atoms with van der Waals surface area (Å²) in [6, 6.07) is 15.8. The number of nitrogens with zero attached hydrogens (tertiary/aromatic N) is 4. The fourth-order valence-electron chi connectivity index (χ4n) is 6.50. The average Bonchev–Trinajstić information content (AvgIpc) is 3.56. The van der Waals surface area contributed by atoms with Crippen LogP contribution in [0.25, 0.3) is 32.8 Å². The minimum absolute atomic E-state index is 0.124. The third-order valence-electron chi connectivity index (χ3n) is 8.34. The van der Waals surface area contributed by atoms with Crippen LogP contribution in [0.5, 0.6) is 5.75 Å². The third-order valence-corrected chi connectivity index (χ3v) is 8.34. The molecule has 3 aromatic carbocycles.